The fourth-order valence-corrected chi connectivity index (χ4v) is 2.52. The van der Waals surface area contributed by atoms with Crippen LogP contribution in [0, 0.1) is 6.92 Å². The smallest absolute Gasteiger partial charge is 0.407 e. The predicted octanol–water partition coefficient (Wildman–Crippen LogP) is 3.10. The third-order valence-electron chi connectivity index (χ3n) is 3.77. The highest BCUT2D eigenvalue weighted by atomic mass is 16.6. The molecular weight excluding hydrogens is 360 g/mol. The Hall–Kier alpha value is -3.03. The Labute approximate surface area is 165 Å². The zero-order valence-electron chi connectivity index (χ0n) is 17.0. The van der Waals surface area contributed by atoms with Gasteiger partial charge in [0.15, 0.2) is 0 Å². The molecule has 2 aromatic rings. The van der Waals surface area contributed by atoms with Gasteiger partial charge in [-0.3, -0.25) is 10.1 Å². The standard InChI is InChI=1S/C20H28N4O4/c1-14-16(13-24-11-9-21-18(24)23-15(2)25)7-6-8-17(14)27-12-10-22-19(26)28-20(3,4)5/h6-9,11H,10,12-13H2,1-5H3,(H,22,26)(H,21,23,25). The van der Waals surface area contributed by atoms with Crippen molar-refractivity contribution in [2.24, 2.45) is 0 Å². The number of nitrogens with zero attached hydrogens (tertiary/aromatic N) is 2. The van der Waals surface area contributed by atoms with E-state index in [1.54, 1.807) is 6.20 Å². The molecule has 8 heteroatoms. The molecule has 0 saturated carbocycles. The second-order valence-electron chi connectivity index (χ2n) is 7.38. The fourth-order valence-electron chi connectivity index (χ4n) is 2.52. The van der Waals surface area contributed by atoms with Gasteiger partial charge in [-0.15, -0.1) is 0 Å². The van der Waals surface area contributed by atoms with Crippen LogP contribution in [0.25, 0.3) is 0 Å². The maximum atomic E-state index is 11.6. The Morgan fingerprint density at radius 1 is 1.25 bits per heavy atom. The second kappa shape index (κ2) is 9.25. The number of benzene rings is 1. The highest BCUT2D eigenvalue weighted by Gasteiger charge is 2.15. The number of rotatable bonds is 7. The van der Waals surface area contributed by atoms with E-state index in [0.29, 0.717) is 25.6 Å². The van der Waals surface area contributed by atoms with Crippen molar-refractivity contribution in [3.63, 3.8) is 0 Å². The van der Waals surface area contributed by atoms with Crippen LogP contribution in [-0.4, -0.2) is 40.3 Å². The molecule has 152 valence electrons. The van der Waals surface area contributed by atoms with Gasteiger partial charge in [0.25, 0.3) is 0 Å². The van der Waals surface area contributed by atoms with E-state index in [9.17, 15) is 9.59 Å². The molecule has 0 aliphatic carbocycles. The summed E-state index contributed by atoms with van der Waals surface area (Å²) < 4.78 is 12.9. The van der Waals surface area contributed by atoms with Gasteiger partial charge < -0.3 is 19.4 Å². The summed E-state index contributed by atoms with van der Waals surface area (Å²) in [5.41, 5.74) is 1.50. The Morgan fingerprint density at radius 3 is 2.68 bits per heavy atom. The summed E-state index contributed by atoms with van der Waals surface area (Å²) in [5.74, 6) is 1.07. The maximum absolute atomic E-state index is 11.6. The minimum atomic E-state index is -0.528. The van der Waals surface area contributed by atoms with Gasteiger partial charge in [-0.1, -0.05) is 12.1 Å². The number of hydrogen-bond donors (Lipinski definition) is 2. The number of carbonyl (C=O) groups is 2. The van der Waals surface area contributed by atoms with Gasteiger partial charge >= 0.3 is 6.09 Å². The molecule has 0 unspecified atom stereocenters. The fraction of sp³-hybridized carbons (Fsp3) is 0.450. The van der Waals surface area contributed by atoms with E-state index < -0.39 is 11.7 Å². The lowest BCUT2D eigenvalue weighted by molar-refractivity contribution is -0.114. The van der Waals surface area contributed by atoms with Crippen LogP contribution < -0.4 is 15.4 Å². The molecule has 1 heterocycles. The van der Waals surface area contributed by atoms with Gasteiger partial charge in [0.2, 0.25) is 11.9 Å². The number of ether oxygens (including phenoxy) is 2. The topological polar surface area (TPSA) is 94.5 Å². The monoisotopic (exact) mass is 388 g/mol. The van der Waals surface area contributed by atoms with E-state index in [2.05, 4.69) is 15.6 Å². The first-order valence-corrected chi connectivity index (χ1v) is 9.12. The lowest BCUT2D eigenvalue weighted by Gasteiger charge is -2.20. The van der Waals surface area contributed by atoms with Crippen LogP contribution in [0.1, 0.15) is 38.8 Å². The van der Waals surface area contributed by atoms with E-state index >= 15 is 0 Å². The van der Waals surface area contributed by atoms with Crippen molar-refractivity contribution in [2.45, 2.75) is 46.8 Å². The number of aromatic nitrogens is 2. The molecule has 1 aromatic heterocycles. The predicted molar refractivity (Wildman–Crippen MR) is 107 cm³/mol. The number of hydrogen-bond acceptors (Lipinski definition) is 5. The summed E-state index contributed by atoms with van der Waals surface area (Å²) in [7, 11) is 0. The molecule has 2 amide bonds. The van der Waals surface area contributed by atoms with Crippen molar-refractivity contribution in [3.8, 4) is 5.75 Å². The van der Waals surface area contributed by atoms with Crippen LogP contribution >= 0.6 is 0 Å². The molecule has 2 rings (SSSR count). The van der Waals surface area contributed by atoms with Gasteiger partial charge in [-0.2, -0.15) is 0 Å². The SMILES string of the molecule is CC(=O)Nc1nccn1Cc1cccc(OCCNC(=O)OC(C)(C)C)c1C. The van der Waals surface area contributed by atoms with E-state index in [-0.39, 0.29) is 5.91 Å². The highest BCUT2D eigenvalue weighted by Crippen LogP contribution is 2.23. The quantitative estimate of drug-likeness (QED) is 0.711. The first-order valence-electron chi connectivity index (χ1n) is 9.12. The van der Waals surface area contributed by atoms with Gasteiger partial charge in [0.05, 0.1) is 13.1 Å². The summed E-state index contributed by atoms with van der Waals surface area (Å²) >= 11 is 0. The molecule has 0 spiro atoms. The number of anilines is 1. The van der Waals surface area contributed by atoms with Crippen molar-refractivity contribution in [1.29, 1.82) is 0 Å². The van der Waals surface area contributed by atoms with E-state index in [1.807, 2.05) is 56.7 Å². The van der Waals surface area contributed by atoms with Crippen LogP contribution in [0.15, 0.2) is 30.6 Å². The Bertz CT molecular complexity index is 824. The van der Waals surface area contributed by atoms with Crippen molar-refractivity contribution >= 4 is 17.9 Å². The third-order valence-corrected chi connectivity index (χ3v) is 3.77. The van der Waals surface area contributed by atoms with E-state index in [4.69, 9.17) is 9.47 Å². The molecule has 0 saturated heterocycles. The number of imidazole rings is 1. The maximum Gasteiger partial charge on any atom is 0.407 e. The van der Waals surface area contributed by atoms with Crippen LogP contribution in [-0.2, 0) is 16.1 Å². The number of amides is 2. The zero-order chi connectivity index (χ0) is 20.7. The van der Waals surface area contributed by atoms with Crippen LogP contribution in [0.5, 0.6) is 5.75 Å². The van der Waals surface area contributed by atoms with Crippen molar-refractivity contribution in [3.05, 3.63) is 41.7 Å². The van der Waals surface area contributed by atoms with Gasteiger partial charge in [0, 0.05) is 19.3 Å². The molecule has 28 heavy (non-hydrogen) atoms. The Kier molecular flexibility index (Phi) is 7.03. The van der Waals surface area contributed by atoms with Crippen molar-refractivity contribution in [1.82, 2.24) is 14.9 Å². The molecule has 0 fully saturated rings. The second-order valence-corrected chi connectivity index (χ2v) is 7.38. The molecule has 0 atom stereocenters. The van der Waals surface area contributed by atoms with Gasteiger partial charge in [0.1, 0.15) is 18.0 Å². The van der Waals surface area contributed by atoms with Gasteiger partial charge in [-0.05, 0) is 44.9 Å². The molecule has 1 aromatic carbocycles. The lowest BCUT2D eigenvalue weighted by Crippen LogP contribution is -2.34. The Balaban J connectivity index is 1.93. The average molecular weight is 388 g/mol. The summed E-state index contributed by atoms with van der Waals surface area (Å²) in [6, 6.07) is 5.79. The van der Waals surface area contributed by atoms with Crippen LogP contribution in [0.3, 0.4) is 0 Å². The first-order chi connectivity index (χ1) is 13.2. The minimum Gasteiger partial charge on any atom is -0.491 e. The molecule has 8 nitrogen and oxygen atoms in total. The summed E-state index contributed by atoms with van der Waals surface area (Å²) in [6.07, 6.45) is 2.99. The average Bonchev–Trinajstić information content (AvgIpc) is 2.99. The summed E-state index contributed by atoms with van der Waals surface area (Å²) in [5, 5.41) is 5.37. The molecule has 0 aliphatic heterocycles. The van der Waals surface area contributed by atoms with E-state index in [0.717, 1.165) is 16.9 Å². The summed E-state index contributed by atoms with van der Waals surface area (Å²) in [6.45, 7) is 10.1. The lowest BCUT2D eigenvalue weighted by atomic mass is 10.1. The van der Waals surface area contributed by atoms with Crippen molar-refractivity contribution < 1.29 is 19.1 Å². The molecule has 0 radical (unpaired) electrons. The van der Waals surface area contributed by atoms with Crippen LogP contribution in [0.2, 0.25) is 0 Å². The molecule has 0 aliphatic rings. The largest absolute Gasteiger partial charge is 0.491 e. The first kappa shape index (κ1) is 21.3. The molecule has 2 N–H and O–H groups in total. The van der Waals surface area contributed by atoms with Gasteiger partial charge in [-0.25, -0.2) is 9.78 Å². The van der Waals surface area contributed by atoms with E-state index in [1.165, 1.54) is 6.92 Å². The van der Waals surface area contributed by atoms with Crippen LogP contribution in [0.4, 0.5) is 10.7 Å². The Morgan fingerprint density at radius 2 is 2.00 bits per heavy atom. The van der Waals surface area contributed by atoms with Crippen molar-refractivity contribution in [2.75, 3.05) is 18.5 Å². The third kappa shape index (κ3) is 6.61. The normalized spacial score (nSPS) is 11.0. The zero-order valence-corrected chi connectivity index (χ0v) is 17.0. The molecule has 0 bridgehead atoms. The summed E-state index contributed by atoms with van der Waals surface area (Å²) in [4.78, 5) is 27.1. The minimum absolute atomic E-state index is 0.168. The number of nitrogens with one attached hydrogen (secondary N) is 2. The number of alkyl carbamates (subject to hydrolysis) is 1. The number of carbonyl (C=O) groups excluding carboxylic acids is 2. The molecular formula is C20H28N4O4. The highest BCUT2D eigenvalue weighted by molar-refractivity contribution is 5.86.